The number of rotatable bonds is 6. The summed E-state index contributed by atoms with van der Waals surface area (Å²) in [6.45, 7) is -0.612. The molecule has 1 amide bonds. The molecular formula is C20H15ClF3N3O3. The predicted octanol–water partition coefficient (Wildman–Crippen LogP) is 3.78. The first-order valence-corrected chi connectivity index (χ1v) is 9.03. The Balaban J connectivity index is 1.69. The highest BCUT2D eigenvalue weighted by molar-refractivity contribution is 6.30. The number of para-hydroxylation sites is 1. The molecule has 2 aromatic carbocycles. The minimum atomic E-state index is -4.85. The van der Waals surface area contributed by atoms with Gasteiger partial charge in [0.15, 0.2) is 0 Å². The van der Waals surface area contributed by atoms with Crippen LogP contribution in [0.25, 0.3) is 11.3 Å². The topological polar surface area (TPSA) is 73.2 Å². The average molecular weight is 438 g/mol. The van der Waals surface area contributed by atoms with E-state index in [0.717, 1.165) is 10.7 Å². The van der Waals surface area contributed by atoms with Crippen molar-refractivity contribution in [3.05, 3.63) is 81.6 Å². The summed E-state index contributed by atoms with van der Waals surface area (Å²) in [6.07, 6.45) is -4.85. The number of aromatic nitrogens is 2. The van der Waals surface area contributed by atoms with E-state index in [4.69, 9.17) is 11.6 Å². The van der Waals surface area contributed by atoms with Crippen molar-refractivity contribution in [2.24, 2.45) is 0 Å². The molecular weight excluding hydrogens is 423 g/mol. The lowest BCUT2D eigenvalue weighted by atomic mass is 10.1. The lowest BCUT2D eigenvalue weighted by Crippen LogP contribution is -2.33. The number of nitrogens with one attached hydrogen (secondary N) is 1. The number of hydrogen-bond acceptors (Lipinski definition) is 4. The predicted molar refractivity (Wildman–Crippen MR) is 104 cm³/mol. The molecule has 1 heterocycles. The number of nitrogens with zero attached hydrogens (tertiary/aromatic N) is 2. The van der Waals surface area contributed by atoms with Crippen LogP contribution in [0.3, 0.4) is 0 Å². The monoisotopic (exact) mass is 437 g/mol. The minimum Gasteiger partial charge on any atom is -0.405 e. The summed E-state index contributed by atoms with van der Waals surface area (Å²) in [4.78, 5) is 24.3. The lowest BCUT2D eigenvalue weighted by molar-refractivity contribution is -0.274. The van der Waals surface area contributed by atoms with Crippen LogP contribution in [0.4, 0.5) is 13.2 Å². The van der Waals surface area contributed by atoms with Gasteiger partial charge in [-0.3, -0.25) is 9.59 Å². The summed E-state index contributed by atoms with van der Waals surface area (Å²) in [5.74, 6) is -1.01. The molecule has 10 heteroatoms. The van der Waals surface area contributed by atoms with Crippen molar-refractivity contribution in [2.75, 3.05) is 0 Å². The molecule has 0 bridgehead atoms. The Morgan fingerprint density at radius 2 is 1.77 bits per heavy atom. The Labute approximate surface area is 173 Å². The second-order valence-corrected chi connectivity index (χ2v) is 6.59. The van der Waals surface area contributed by atoms with E-state index in [0.29, 0.717) is 16.3 Å². The lowest BCUT2D eigenvalue weighted by Gasteiger charge is -2.14. The maximum absolute atomic E-state index is 12.5. The molecule has 0 aliphatic carbocycles. The summed E-state index contributed by atoms with van der Waals surface area (Å²) in [5, 5.41) is 7.17. The molecule has 0 aliphatic rings. The van der Waals surface area contributed by atoms with E-state index in [1.165, 1.54) is 30.3 Å². The Hall–Kier alpha value is -3.33. The van der Waals surface area contributed by atoms with Crippen LogP contribution in [0.2, 0.25) is 5.02 Å². The maximum atomic E-state index is 12.5. The van der Waals surface area contributed by atoms with Crippen molar-refractivity contribution in [1.29, 1.82) is 0 Å². The summed E-state index contributed by atoms with van der Waals surface area (Å²) in [6, 6.07) is 15.0. The molecule has 0 fully saturated rings. The first-order valence-electron chi connectivity index (χ1n) is 8.66. The molecule has 1 N–H and O–H groups in total. The van der Waals surface area contributed by atoms with Crippen molar-refractivity contribution in [2.45, 2.75) is 19.5 Å². The first kappa shape index (κ1) is 21.4. The number of alkyl halides is 3. The van der Waals surface area contributed by atoms with Crippen LogP contribution in [0.15, 0.2) is 65.5 Å². The molecule has 1 aromatic heterocycles. The van der Waals surface area contributed by atoms with E-state index >= 15 is 0 Å². The van der Waals surface area contributed by atoms with Gasteiger partial charge in [-0.25, -0.2) is 4.68 Å². The van der Waals surface area contributed by atoms with Crippen molar-refractivity contribution in [1.82, 2.24) is 15.1 Å². The molecule has 156 valence electrons. The summed E-state index contributed by atoms with van der Waals surface area (Å²) >= 11 is 5.86. The molecule has 0 spiro atoms. The summed E-state index contributed by atoms with van der Waals surface area (Å²) in [5.41, 5.74) is 0.803. The maximum Gasteiger partial charge on any atom is 0.573 e. The highest BCUT2D eigenvalue weighted by Gasteiger charge is 2.32. The van der Waals surface area contributed by atoms with Gasteiger partial charge in [0.25, 0.3) is 5.56 Å². The normalized spacial score (nSPS) is 11.2. The van der Waals surface area contributed by atoms with Crippen LogP contribution in [-0.2, 0) is 17.9 Å². The van der Waals surface area contributed by atoms with Crippen LogP contribution in [0.5, 0.6) is 5.75 Å². The van der Waals surface area contributed by atoms with Crippen LogP contribution >= 0.6 is 11.6 Å². The van der Waals surface area contributed by atoms with Crippen molar-refractivity contribution in [3.63, 3.8) is 0 Å². The smallest absolute Gasteiger partial charge is 0.405 e. The van der Waals surface area contributed by atoms with Gasteiger partial charge in [-0.15, -0.1) is 13.2 Å². The summed E-state index contributed by atoms with van der Waals surface area (Å²) < 4.78 is 42.4. The Morgan fingerprint density at radius 1 is 1.07 bits per heavy atom. The zero-order valence-corrected chi connectivity index (χ0v) is 16.1. The van der Waals surface area contributed by atoms with Crippen LogP contribution < -0.4 is 15.6 Å². The molecule has 6 nitrogen and oxygen atoms in total. The second kappa shape index (κ2) is 9.00. The fourth-order valence-corrected chi connectivity index (χ4v) is 2.72. The van der Waals surface area contributed by atoms with Crippen molar-refractivity contribution >= 4 is 17.5 Å². The fourth-order valence-electron chi connectivity index (χ4n) is 2.60. The Kier molecular flexibility index (Phi) is 6.41. The van der Waals surface area contributed by atoms with Crippen LogP contribution in [0, 0.1) is 0 Å². The number of amides is 1. The molecule has 0 aliphatic heterocycles. The second-order valence-electron chi connectivity index (χ2n) is 6.15. The third-order valence-corrected chi connectivity index (χ3v) is 4.23. The third kappa shape index (κ3) is 5.84. The van der Waals surface area contributed by atoms with Gasteiger partial charge in [0.1, 0.15) is 12.3 Å². The highest BCUT2D eigenvalue weighted by atomic mass is 35.5. The van der Waals surface area contributed by atoms with E-state index in [2.05, 4.69) is 15.2 Å². The molecule has 0 atom stereocenters. The first-order chi connectivity index (χ1) is 14.2. The third-order valence-electron chi connectivity index (χ3n) is 3.97. The van der Waals surface area contributed by atoms with E-state index < -0.39 is 30.1 Å². The number of ether oxygens (including phenoxy) is 1. The van der Waals surface area contributed by atoms with Gasteiger partial charge in [-0.2, -0.15) is 5.10 Å². The van der Waals surface area contributed by atoms with Gasteiger partial charge in [0.2, 0.25) is 5.91 Å². The van der Waals surface area contributed by atoms with E-state index in [9.17, 15) is 22.8 Å². The zero-order chi connectivity index (χ0) is 21.7. The van der Waals surface area contributed by atoms with Gasteiger partial charge in [0, 0.05) is 28.8 Å². The Bertz CT molecular complexity index is 1100. The zero-order valence-electron chi connectivity index (χ0n) is 15.3. The number of halogens is 4. The van der Waals surface area contributed by atoms with Gasteiger partial charge < -0.3 is 10.1 Å². The molecule has 0 radical (unpaired) electrons. The van der Waals surface area contributed by atoms with E-state index in [-0.39, 0.29) is 12.1 Å². The fraction of sp³-hybridized carbons (Fsp3) is 0.150. The van der Waals surface area contributed by atoms with E-state index in [1.807, 2.05) is 0 Å². The number of hydrogen-bond donors (Lipinski definition) is 1. The van der Waals surface area contributed by atoms with Gasteiger partial charge >= 0.3 is 6.36 Å². The number of carbonyl (C=O) groups is 1. The molecule has 0 saturated heterocycles. The molecule has 0 saturated carbocycles. The summed E-state index contributed by atoms with van der Waals surface area (Å²) in [7, 11) is 0. The van der Waals surface area contributed by atoms with Crippen molar-refractivity contribution < 1.29 is 22.7 Å². The number of carbonyl (C=O) groups excluding carboxylic acids is 1. The SMILES string of the molecule is O=C(Cn1nc(-c2ccc(Cl)cc2)ccc1=O)NCc1ccccc1OC(F)(F)F. The van der Waals surface area contributed by atoms with Gasteiger partial charge in [0.05, 0.1) is 5.69 Å². The molecule has 30 heavy (non-hydrogen) atoms. The van der Waals surface area contributed by atoms with E-state index in [1.54, 1.807) is 24.3 Å². The molecule has 3 aromatic rings. The Morgan fingerprint density at radius 3 is 2.47 bits per heavy atom. The standard InChI is InChI=1S/C20H15ClF3N3O3/c21-15-7-5-13(6-8-15)16-9-10-19(29)27(26-16)12-18(28)25-11-14-3-1-2-4-17(14)30-20(22,23)24/h1-10H,11-12H2,(H,25,28). The van der Waals surface area contributed by atoms with Crippen LogP contribution in [-0.4, -0.2) is 22.1 Å². The average Bonchev–Trinajstić information content (AvgIpc) is 2.68. The van der Waals surface area contributed by atoms with Gasteiger partial charge in [-0.1, -0.05) is 41.9 Å². The minimum absolute atomic E-state index is 0.137. The largest absolute Gasteiger partial charge is 0.573 e. The highest BCUT2D eigenvalue weighted by Crippen LogP contribution is 2.26. The molecule has 0 unspecified atom stereocenters. The quantitative estimate of drug-likeness (QED) is 0.637. The number of benzene rings is 2. The van der Waals surface area contributed by atoms with Crippen molar-refractivity contribution in [3.8, 4) is 17.0 Å². The molecule has 3 rings (SSSR count). The van der Waals surface area contributed by atoms with Crippen LogP contribution in [0.1, 0.15) is 5.56 Å². The van der Waals surface area contributed by atoms with Gasteiger partial charge in [-0.05, 0) is 24.3 Å².